The van der Waals surface area contributed by atoms with E-state index < -0.39 is 0 Å². The minimum absolute atomic E-state index is 0.328. The summed E-state index contributed by atoms with van der Waals surface area (Å²) in [6.07, 6.45) is 1.04. The summed E-state index contributed by atoms with van der Waals surface area (Å²) in [6, 6.07) is 8.35. The van der Waals surface area contributed by atoms with Gasteiger partial charge in [0.15, 0.2) is 0 Å². The van der Waals surface area contributed by atoms with Gasteiger partial charge in [-0.3, -0.25) is 0 Å². The van der Waals surface area contributed by atoms with Crippen molar-refractivity contribution >= 4 is 11.6 Å². The molecule has 1 aromatic carbocycles. The molecule has 0 aliphatic rings. The lowest BCUT2D eigenvalue weighted by Gasteiger charge is -2.24. The molecule has 0 heterocycles. The predicted octanol–water partition coefficient (Wildman–Crippen LogP) is 3.27. The van der Waals surface area contributed by atoms with Gasteiger partial charge in [0.25, 0.3) is 0 Å². The molecule has 90 valence electrons. The van der Waals surface area contributed by atoms with Crippen LogP contribution in [0.1, 0.15) is 24.9 Å². The number of ether oxygens (including phenoxy) is 1. The molecule has 0 saturated heterocycles. The topological polar surface area (TPSA) is 21.3 Å². The van der Waals surface area contributed by atoms with Gasteiger partial charge in [-0.15, -0.1) is 0 Å². The molecule has 3 heteroatoms. The van der Waals surface area contributed by atoms with Gasteiger partial charge < -0.3 is 10.1 Å². The maximum atomic E-state index is 6.00. The molecular weight excluding hydrogens is 222 g/mol. The highest BCUT2D eigenvalue weighted by Gasteiger charge is 2.17. The van der Waals surface area contributed by atoms with Crippen LogP contribution in [0.5, 0.6) is 0 Å². The second-order valence-corrected chi connectivity index (χ2v) is 4.52. The monoisotopic (exact) mass is 241 g/mol. The van der Waals surface area contributed by atoms with E-state index >= 15 is 0 Å². The molecule has 0 fully saturated rings. The van der Waals surface area contributed by atoms with Crippen LogP contribution in [-0.2, 0) is 4.74 Å². The molecule has 2 unspecified atom stereocenters. The molecule has 0 saturated carbocycles. The van der Waals surface area contributed by atoms with E-state index in [1.165, 1.54) is 5.56 Å². The standard InChI is InChI=1S/C13H20ClNO/c1-10(7-8-16-3)13(15-2)11-5-4-6-12(14)9-11/h4-6,9-10,13,15H,7-8H2,1-3H3. The average Bonchev–Trinajstić information content (AvgIpc) is 2.27. The van der Waals surface area contributed by atoms with Gasteiger partial charge in [0.1, 0.15) is 0 Å². The second-order valence-electron chi connectivity index (χ2n) is 4.08. The number of hydrogen-bond acceptors (Lipinski definition) is 2. The quantitative estimate of drug-likeness (QED) is 0.826. The average molecular weight is 242 g/mol. The molecule has 1 rings (SSSR count). The predicted molar refractivity (Wildman–Crippen MR) is 68.9 cm³/mol. The smallest absolute Gasteiger partial charge is 0.0465 e. The van der Waals surface area contributed by atoms with Crippen LogP contribution in [0.25, 0.3) is 0 Å². The third-order valence-electron chi connectivity index (χ3n) is 2.87. The summed E-state index contributed by atoms with van der Waals surface area (Å²) in [6.45, 7) is 3.01. The molecule has 16 heavy (non-hydrogen) atoms. The van der Waals surface area contributed by atoms with E-state index in [2.05, 4.69) is 18.3 Å². The van der Waals surface area contributed by atoms with Crippen LogP contribution >= 0.6 is 11.6 Å². The lowest BCUT2D eigenvalue weighted by Crippen LogP contribution is -2.24. The fourth-order valence-electron chi connectivity index (χ4n) is 1.95. The SMILES string of the molecule is CNC(c1cccc(Cl)c1)C(C)CCOC. The largest absolute Gasteiger partial charge is 0.385 e. The summed E-state index contributed by atoms with van der Waals surface area (Å²) in [5, 5.41) is 4.13. The summed E-state index contributed by atoms with van der Waals surface area (Å²) in [5.74, 6) is 0.517. The summed E-state index contributed by atoms with van der Waals surface area (Å²) < 4.78 is 5.11. The van der Waals surface area contributed by atoms with Gasteiger partial charge in [0, 0.05) is 24.8 Å². The van der Waals surface area contributed by atoms with Crippen molar-refractivity contribution in [3.05, 3.63) is 34.9 Å². The zero-order chi connectivity index (χ0) is 12.0. The Kier molecular flexibility index (Phi) is 5.81. The molecule has 0 amide bonds. The number of rotatable bonds is 6. The van der Waals surface area contributed by atoms with Gasteiger partial charge in [-0.05, 0) is 37.1 Å². The molecular formula is C13H20ClNO. The van der Waals surface area contributed by atoms with E-state index in [-0.39, 0.29) is 0 Å². The molecule has 2 nitrogen and oxygen atoms in total. The van der Waals surface area contributed by atoms with Crippen LogP contribution in [-0.4, -0.2) is 20.8 Å². The molecule has 0 aromatic heterocycles. The van der Waals surface area contributed by atoms with Gasteiger partial charge in [-0.1, -0.05) is 30.7 Å². The van der Waals surface area contributed by atoms with Crippen molar-refractivity contribution in [2.24, 2.45) is 5.92 Å². The Morgan fingerprint density at radius 2 is 2.19 bits per heavy atom. The summed E-state index contributed by atoms with van der Waals surface area (Å²) in [5.41, 5.74) is 1.23. The number of benzene rings is 1. The van der Waals surface area contributed by atoms with Gasteiger partial charge in [0.05, 0.1) is 0 Å². The van der Waals surface area contributed by atoms with Crippen molar-refractivity contribution < 1.29 is 4.74 Å². The molecule has 1 N–H and O–H groups in total. The number of halogens is 1. The summed E-state index contributed by atoms with van der Waals surface area (Å²) in [7, 11) is 3.72. The van der Waals surface area contributed by atoms with E-state index in [0.717, 1.165) is 18.1 Å². The van der Waals surface area contributed by atoms with Gasteiger partial charge in [-0.2, -0.15) is 0 Å². The molecule has 1 aromatic rings. The maximum Gasteiger partial charge on any atom is 0.0465 e. The highest BCUT2D eigenvalue weighted by Crippen LogP contribution is 2.26. The van der Waals surface area contributed by atoms with E-state index in [9.17, 15) is 0 Å². The Bertz CT molecular complexity index is 317. The molecule has 2 atom stereocenters. The van der Waals surface area contributed by atoms with Gasteiger partial charge >= 0.3 is 0 Å². The van der Waals surface area contributed by atoms with Crippen molar-refractivity contribution in [3.63, 3.8) is 0 Å². The van der Waals surface area contributed by atoms with Gasteiger partial charge in [-0.25, -0.2) is 0 Å². The second kappa shape index (κ2) is 6.89. The molecule has 0 radical (unpaired) electrons. The van der Waals surface area contributed by atoms with Crippen molar-refractivity contribution in [3.8, 4) is 0 Å². The number of methoxy groups -OCH3 is 1. The zero-order valence-corrected chi connectivity index (χ0v) is 10.9. The van der Waals surface area contributed by atoms with E-state index in [1.807, 2.05) is 25.2 Å². The molecule has 0 aliphatic heterocycles. The third kappa shape index (κ3) is 3.78. The minimum atomic E-state index is 0.328. The van der Waals surface area contributed by atoms with E-state index in [1.54, 1.807) is 7.11 Å². The van der Waals surface area contributed by atoms with Crippen LogP contribution in [0.3, 0.4) is 0 Å². The Balaban J connectivity index is 2.73. The van der Waals surface area contributed by atoms with Crippen LogP contribution < -0.4 is 5.32 Å². The lowest BCUT2D eigenvalue weighted by atomic mass is 9.92. The highest BCUT2D eigenvalue weighted by molar-refractivity contribution is 6.30. The van der Waals surface area contributed by atoms with Crippen LogP contribution in [0.4, 0.5) is 0 Å². The van der Waals surface area contributed by atoms with Crippen LogP contribution in [0, 0.1) is 5.92 Å². The van der Waals surface area contributed by atoms with Crippen LogP contribution in [0.15, 0.2) is 24.3 Å². The fraction of sp³-hybridized carbons (Fsp3) is 0.538. The first-order chi connectivity index (χ1) is 7.69. The minimum Gasteiger partial charge on any atom is -0.385 e. The normalized spacial score (nSPS) is 14.8. The van der Waals surface area contributed by atoms with E-state index in [4.69, 9.17) is 16.3 Å². The van der Waals surface area contributed by atoms with Crippen LogP contribution in [0.2, 0.25) is 5.02 Å². The van der Waals surface area contributed by atoms with Crippen molar-refractivity contribution in [1.82, 2.24) is 5.32 Å². The molecule has 0 aliphatic carbocycles. The first-order valence-electron chi connectivity index (χ1n) is 5.60. The lowest BCUT2D eigenvalue weighted by molar-refractivity contribution is 0.171. The van der Waals surface area contributed by atoms with Crippen molar-refractivity contribution in [2.45, 2.75) is 19.4 Å². The third-order valence-corrected chi connectivity index (χ3v) is 3.10. The van der Waals surface area contributed by atoms with Crippen molar-refractivity contribution in [1.29, 1.82) is 0 Å². The zero-order valence-electron chi connectivity index (χ0n) is 10.2. The number of nitrogens with one attached hydrogen (secondary N) is 1. The highest BCUT2D eigenvalue weighted by atomic mass is 35.5. The van der Waals surface area contributed by atoms with E-state index in [0.29, 0.717) is 12.0 Å². The first-order valence-corrected chi connectivity index (χ1v) is 5.98. The summed E-state index contributed by atoms with van der Waals surface area (Å²) >= 11 is 6.00. The first kappa shape index (κ1) is 13.5. The van der Waals surface area contributed by atoms with Gasteiger partial charge in [0.2, 0.25) is 0 Å². The Labute approximate surface area is 103 Å². The maximum absolute atomic E-state index is 6.00. The Morgan fingerprint density at radius 1 is 1.44 bits per heavy atom. The molecule has 0 bridgehead atoms. The molecule has 0 spiro atoms. The van der Waals surface area contributed by atoms with Crippen molar-refractivity contribution in [2.75, 3.05) is 20.8 Å². The summed E-state index contributed by atoms with van der Waals surface area (Å²) in [4.78, 5) is 0. The Morgan fingerprint density at radius 3 is 2.75 bits per heavy atom. The number of hydrogen-bond donors (Lipinski definition) is 1. The Hall–Kier alpha value is -0.570. The fourth-order valence-corrected chi connectivity index (χ4v) is 2.15.